The van der Waals surface area contributed by atoms with Gasteiger partial charge in [-0.2, -0.15) is 8.42 Å². The van der Waals surface area contributed by atoms with Gasteiger partial charge in [0.2, 0.25) is 0 Å². The molecular weight excluding hydrogens is 168 g/mol. The molecule has 0 aromatic heterocycles. The zero-order valence-electron chi connectivity index (χ0n) is 6.78. The zero-order chi connectivity index (χ0) is 8.91. The molecule has 0 radical (unpaired) electrons. The smallest absolute Gasteiger partial charge is 0.264 e. The van der Waals surface area contributed by atoms with Gasteiger partial charge < -0.3 is 4.74 Å². The lowest BCUT2D eigenvalue weighted by Crippen LogP contribution is -2.10. The minimum Gasteiger partial charge on any atom is -0.379 e. The standard InChI is InChI=1S/C6H14O4S/c1-6(2)10-4-3-5-11(7,8)9/h6H,3-5H2,1-2H3,(H,7,8,9). The summed E-state index contributed by atoms with van der Waals surface area (Å²) in [5.74, 6) is -0.223. The number of rotatable bonds is 5. The van der Waals surface area contributed by atoms with Crippen LogP contribution in [0.1, 0.15) is 20.3 Å². The Bertz CT molecular complexity index is 183. The highest BCUT2D eigenvalue weighted by Gasteiger charge is 2.03. The first-order valence-electron chi connectivity index (χ1n) is 3.48. The van der Waals surface area contributed by atoms with Gasteiger partial charge in [-0.25, -0.2) is 0 Å². The molecule has 0 spiro atoms. The van der Waals surface area contributed by atoms with Gasteiger partial charge in [-0.15, -0.1) is 0 Å². The minimum absolute atomic E-state index is 0.108. The zero-order valence-corrected chi connectivity index (χ0v) is 7.60. The molecule has 0 saturated carbocycles. The van der Waals surface area contributed by atoms with Gasteiger partial charge in [-0.05, 0) is 20.3 Å². The summed E-state index contributed by atoms with van der Waals surface area (Å²) >= 11 is 0. The summed E-state index contributed by atoms with van der Waals surface area (Å²) in [4.78, 5) is 0. The fourth-order valence-corrected chi connectivity index (χ4v) is 1.04. The number of ether oxygens (including phenoxy) is 1. The molecule has 0 rings (SSSR count). The summed E-state index contributed by atoms with van der Waals surface area (Å²) < 4.78 is 33.7. The molecule has 0 atom stereocenters. The van der Waals surface area contributed by atoms with Crippen LogP contribution in [0.15, 0.2) is 0 Å². The second kappa shape index (κ2) is 4.69. The van der Waals surface area contributed by atoms with E-state index in [0.29, 0.717) is 13.0 Å². The van der Waals surface area contributed by atoms with Crippen LogP contribution in [0, 0.1) is 0 Å². The molecule has 0 saturated heterocycles. The van der Waals surface area contributed by atoms with Crippen LogP contribution in [0.25, 0.3) is 0 Å². The fourth-order valence-electron chi connectivity index (χ4n) is 0.560. The molecule has 0 aromatic rings. The summed E-state index contributed by atoms with van der Waals surface area (Å²) in [5.41, 5.74) is 0. The largest absolute Gasteiger partial charge is 0.379 e. The molecule has 68 valence electrons. The van der Waals surface area contributed by atoms with Gasteiger partial charge in [-0.3, -0.25) is 4.55 Å². The van der Waals surface area contributed by atoms with Crippen molar-refractivity contribution in [3.8, 4) is 0 Å². The van der Waals surface area contributed by atoms with Crippen LogP contribution in [0.4, 0.5) is 0 Å². The summed E-state index contributed by atoms with van der Waals surface area (Å²) in [6.07, 6.45) is 0.452. The van der Waals surface area contributed by atoms with E-state index >= 15 is 0 Å². The van der Waals surface area contributed by atoms with E-state index in [1.54, 1.807) is 0 Å². The molecular formula is C6H14O4S. The van der Waals surface area contributed by atoms with Crippen LogP contribution in [-0.4, -0.2) is 31.4 Å². The summed E-state index contributed by atoms with van der Waals surface area (Å²) in [5, 5.41) is 0. The molecule has 5 heteroatoms. The van der Waals surface area contributed by atoms with E-state index < -0.39 is 10.1 Å². The van der Waals surface area contributed by atoms with Gasteiger partial charge in [0.1, 0.15) is 0 Å². The summed E-state index contributed by atoms with van der Waals surface area (Å²) in [7, 11) is -3.80. The quantitative estimate of drug-likeness (QED) is 0.502. The van der Waals surface area contributed by atoms with E-state index in [1.807, 2.05) is 13.8 Å². The predicted octanol–water partition coefficient (Wildman–Crippen LogP) is 0.689. The number of hydrogen-bond donors (Lipinski definition) is 1. The Morgan fingerprint density at radius 1 is 1.45 bits per heavy atom. The van der Waals surface area contributed by atoms with Gasteiger partial charge in [0.15, 0.2) is 0 Å². The normalized spacial score (nSPS) is 12.4. The second-order valence-electron chi connectivity index (χ2n) is 2.56. The van der Waals surface area contributed by atoms with Crippen molar-refractivity contribution in [1.82, 2.24) is 0 Å². The molecule has 0 bridgehead atoms. The predicted molar refractivity (Wildman–Crippen MR) is 42.1 cm³/mol. The molecule has 0 amide bonds. The maximum atomic E-state index is 10.2. The van der Waals surface area contributed by atoms with Crippen LogP contribution in [0.3, 0.4) is 0 Å². The van der Waals surface area contributed by atoms with Crippen molar-refractivity contribution in [2.24, 2.45) is 0 Å². The van der Waals surface area contributed by atoms with Gasteiger partial charge in [-0.1, -0.05) is 0 Å². The van der Waals surface area contributed by atoms with Gasteiger partial charge in [0, 0.05) is 6.61 Å². The van der Waals surface area contributed by atoms with Crippen LogP contribution in [0.2, 0.25) is 0 Å². The highest BCUT2D eigenvalue weighted by molar-refractivity contribution is 7.85. The first-order valence-corrected chi connectivity index (χ1v) is 5.09. The van der Waals surface area contributed by atoms with E-state index in [9.17, 15) is 8.42 Å². The van der Waals surface area contributed by atoms with E-state index in [0.717, 1.165) is 0 Å². The average Bonchev–Trinajstić information content (AvgIpc) is 1.78. The molecule has 0 aromatic carbocycles. The lowest BCUT2D eigenvalue weighted by molar-refractivity contribution is 0.0795. The topological polar surface area (TPSA) is 63.6 Å². The second-order valence-corrected chi connectivity index (χ2v) is 4.13. The van der Waals surface area contributed by atoms with E-state index in [2.05, 4.69) is 0 Å². The molecule has 0 heterocycles. The lowest BCUT2D eigenvalue weighted by Gasteiger charge is -2.05. The Morgan fingerprint density at radius 2 is 2.00 bits per heavy atom. The van der Waals surface area contributed by atoms with Crippen LogP contribution >= 0.6 is 0 Å². The maximum Gasteiger partial charge on any atom is 0.264 e. The Hall–Kier alpha value is -0.130. The van der Waals surface area contributed by atoms with Crippen LogP contribution < -0.4 is 0 Å². The van der Waals surface area contributed by atoms with Gasteiger partial charge in [0.25, 0.3) is 10.1 Å². The first-order chi connectivity index (χ1) is 4.92. The van der Waals surface area contributed by atoms with E-state index in [-0.39, 0.29) is 11.9 Å². The van der Waals surface area contributed by atoms with Crippen molar-refractivity contribution in [2.75, 3.05) is 12.4 Å². The van der Waals surface area contributed by atoms with Crippen LogP contribution in [0.5, 0.6) is 0 Å². The van der Waals surface area contributed by atoms with Crippen molar-refractivity contribution in [1.29, 1.82) is 0 Å². The van der Waals surface area contributed by atoms with E-state index in [1.165, 1.54) is 0 Å². The molecule has 0 fully saturated rings. The SMILES string of the molecule is CC(C)OCCCS(=O)(=O)O. The monoisotopic (exact) mass is 182 g/mol. The Kier molecular flexibility index (Phi) is 4.63. The molecule has 0 aliphatic heterocycles. The highest BCUT2D eigenvalue weighted by atomic mass is 32.2. The van der Waals surface area contributed by atoms with Crippen molar-refractivity contribution < 1.29 is 17.7 Å². The highest BCUT2D eigenvalue weighted by Crippen LogP contribution is 1.93. The number of hydrogen-bond acceptors (Lipinski definition) is 3. The van der Waals surface area contributed by atoms with Crippen molar-refractivity contribution in [3.63, 3.8) is 0 Å². The van der Waals surface area contributed by atoms with Gasteiger partial charge >= 0.3 is 0 Å². The lowest BCUT2D eigenvalue weighted by atomic mass is 10.4. The molecule has 4 nitrogen and oxygen atoms in total. The Labute approximate surface area is 67.3 Å². The third-order valence-electron chi connectivity index (χ3n) is 0.998. The van der Waals surface area contributed by atoms with Crippen molar-refractivity contribution in [2.45, 2.75) is 26.4 Å². The summed E-state index contributed by atoms with van der Waals surface area (Å²) in [6.45, 7) is 4.11. The van der Waals surface area contributed by atoms with Crippen molar-refractivity contribution >= 4 is 10.1 Å². The summed E-state index contributed by atoms with van der Waals surface area (Å²) in [6, 6.07) is 0. The molecule has 1 N–H and O–H groups in total. The third kappa shape index (κ3) is 9.87. The third-order valence-corrected chi connectivity index (χ3v) is 1.80. The maximum absolute atomic E-state index is 10.2. The molecule has 0 aliphatic rings. The minimum atomic E-state index is -3.80. The van der Waals surface area contributed by atoms with Crippen molar-refractivity contribution in [3.05, 3.63) is 0 Å². The first kappa shape index (κ1) is 10.9. The Balaban J connectivity index is 3.30. The van der Waals surface area contributed by atoms with Crippen LogP contribution in [-0.2, 0) is 14.9 Å². The van der Waals surface area contributed by atoms with E-state index in [4.69, 9.17) is 9.29 Å². The average molecular weight is 182 g/mol. The van der Waals surface area contributed by atoms with Gasteiger partial charge in [0.05, 0.1) is 11.9 Å². The molecule has 0 unspecified atom stereocenters. The molecule has 11 heavy (non-hydrogen) atoms. The Morgan fingerprint density at radius 3 is 2.36 bits per heavy atom. The fraction of sp³-hybridized carbons (Fsp3) is 1.00. The molecule has 0 aliphatic carbocycles.